The van der Waals surface area contributed by atoms with E-state index >= 15 is 0 Å². The van der Waals surface area contributed by atoms with E-state index in [9.17, 15) is 4.79 Å². The molecular weight excluding hydrogens is 304 g/mol. The van der Waals surface area contributed by atoms with Crippen LogP contribution in [0.3, 0.4) is 0 Å². The fourth-order valence-corrected chi connectivity index (χ4v) is 2.37. The maximum Gasteiger partial charge on any atom is 0.194 e. The molecule has 0 aliphatic rings. The lowest BCUT2D eigenvalue weighted by Gasteiger charge is -2.10. The Morgan fingerprint density at radius 2 is 1.84 bits per heavy atom. The summed E-state index contributed by atoms with van der Waals surface area (Å²) in [4.78, 5) is 12.6. The zero-order valence-corrected chi connectivity index (χ0v) is 12.7. The smallest absolute Gasteiger partial charge is 0.194 e. The molecule has 0 aliphatic carbocycles. The molecule has 0 heterocycles. The number of ether oxygens (including phenoxy) is 1. The van der Waals surface area contributed by atoms with Crippen molar-refractivity contribution in [2.75, 3.05) is 7.11 Å². The molecule has 0 radical (unpaired) electrons. The maximum atomic E-state index is 12.6. The summed E-state index contributed by atoms with van der Waals surface area (Å²) in [6.07, 6.45) is 0. The molecule has 0 spiro atoms. The van der Waals surface area contributed by atoms with Gasteiger partial charge in [0, 0.05) is 15.6 Å². The lowest BCUT2D eigenvalue weighted by Crippen LogP contribution is -2.06. The molecule has 0 amide bonds. The molecule has 2 nitrogen and oxygen atoms in total. The molecule has 3 heteroatoms. The van der Waals surface area contributed by atoms with Crippen molar-refractivity contribution in [2.24, 2.45) is 0 Å². The van der Waals surface area contributed by atoms with Crippen molar-refractivity contribution in [1.29, 1.82) is 0 Å². The molecule has 0 aromatic heterocycles. The van der Waals surface area contributed by atoms with Crippen LogP contribution < -0.4 is 4.74 Å². The van der Waals surface area contributed by atoms with Crippen LogP contribution in [-0.4, -0.2) is 12.9 Å². The average molecular weight is 319 g/mol. The molecule has 19 heavy (non-hydrogen) atoms. The summed E-state index contributed by atoms with van der Waals surface area (Å²) in [5.41, 5.74) is 3.48. The van der Waals surface area contributed by atoms with Crippen molar-refractivity contribution in [2.45, 2.75) is 13.8 Å². The summed E-state index contributed by atoms with van der Waals surface area (Å²) < 4.78 is 5.95. The third kappa shape index (κ3) is 2.71. The van der Waals surface area contributed by atoms with Crippen LogP contribution >= 0.6 is 15.9 Å². The number of rotatable bonds is 3. The van der Waals surface area contributed by atoms with Gasteiger partial charge in [-0.2, -0.15) is 0 Å². The van der Waals surface area contributed by atoms with Gasteiger partial charge in [-0.15, -0.1) is 0 Å². The molecule has 0 N–H and O–H groups in total. The summed E-state index contributed by atoms with van der Waals surface area (Å²) in [7, 11) is 1.59. The van der Waals surface area contributed by atoms with E-state index in [0.29, 0.717) is 11.3 Å². The number of halogens is 1. The van der Waals surface area contributed by atoms with Gasteiger partial charge in [0.1, 0.15) is 5.75 Å². The zero-order chi connectivity index (χ0) is 14.0. The Morgan fingerprint density at radius 3 is 2.53 bits per heavy atom. The van der Waals surface area contributed by atoms with Crippen LogP contribution in [0.15, 0.2) is 40.9 Å². The van der Waals surface area contributed by atoms with Crippen molar-refractivity contribution in [1.82, 2.24) is 0 Å². The zero-order valence-electron chi connectivity index (χ0n) is 11.2. The highest BCUT2D eigenvalue weighted by Crippen LogP contribution is 2.26. The first-order valence-corrected chi connectivity index (χ1v) is 6.78. The van der Waals surface area contributed by atoms with Crippen molar-refractivity contribution >= 4 is 21.7 Å². The quantitative estimate of drug-likeness (QED) is 0.788. The third-order valence-electron chi connectivity index (χ3n) is 3.27. The number of aryl methyl sites for hydroxylation is 1. The molecule has 0 fully saturated rings. The second-order valence-electron chi connectivity index (χ2n) is 4.42. The Labute approximate surface area is 121 Å². The first-order valence-electron chi connectivity index (χ1n) is 5.99. The second-order valence-corrected chi connectivity index (χ2v) is 5.28. The summed E-state index contributed by atoms with van der Waals surface area (Å²) >= 11 is 3.42. The van der Waals surface area contributed by atoms with Gasteiger partial charge in [-0.1, -0.05) is 34.1 Å². The fraction of sp³-hybridized carbons (Fsp3) is 0.188. The molecule has 0 saturated carbocycles. The second kappa shape index (κ2) is 5.57. The Hall–Kier alpha value is -1.61. The molecule has 0 atom stereocenters. The lowest BCUT2D eigenvalue weighted by molar-refractivity contribution is 0.103. The molecule has 0 unspecified atom stereocenters. The van der Waals surface area contributed by atoms with Gasteiger partial charge in [0.15, 0.2) is 5.78 Å². The topological polar surface area (TPSA) is 26.3 Å². The number of ketones is 1. The van der Waals surface area contributed by atoms with Crippen LogP contribution in [0.1, 0.15) is 27.0 Å². The van der Waals surface area contributed by atoms with E-state index in [-0.39, 0.29) is 5.78 Å². The first kappa shape index (κ1) is 13.8. The van der Waals surface area contributed by atoms with Crippen molar-refractivity contribution < 1.29 is 9.53 Å². The number of methoxy groups -OCH3 is 1. The highest BCUT2D eigenvalue weighted by Gasteiger charge is 2.16. The van der Waals surface area contributed by atoms with Crippen LogP contribution in [0, 0.1) is 13.8 Å². The molecule has 0 bridgehead atoms. The normalized spacial score (nSPS) is 10.3. The van der Waals surface area contributed by atoms with Gasteiger partial charge in [0.05, 0.1) is 7.11 Å². The van der Waals surface area contributed by atoms with E-state index < -0.39 is 0 Å². The Balaban J connectivity index is 2.53. The predicted molar refractivity (Wildman–Crippen MR) is 80.0 cm³/mol. The number of benzene rings is 2. The van der Waals surface area contributed by atoms with E-state index in [1.807, 2.05) is 44.2 Å². The summed E-state index contributed by atoms with van der Waals surface area (Å²) in [5, 5.41) is 0. The van der Waals surface area contributed by atoms with Gasteiger partial charge >= 0.3 is 0 Å². The lowest BCUT2D eigenvalue weighted by atomic mass is 9.96. The summed E-state index contributed by atoms with van der Waals surface area (Å²) in [6, 6.07) is 11.2. The van der Waals surface area contributed by atoms with Crippen LogP contribution in [0.2, 0.25) is 0 Å². The number of carbonyl (C=O) groups is 1. The number of hydrogen-bond acceptors (Lipinski definition) is 2. The Morgan fingerprint density at radius 1 is 1.11 bits per heavy atom. The average Bonchev–Trinajstić information content (AvgIpc) is 2.42. The molecule has 2 aromatic rings. The number of hydrogen-bond donors (Lipinski definition) is 0. The standard InChI is InChI=1S/C16H15BrO2/c1-10-5-4-6-13(11(10)2)16(18)14-9-12(19-3)7-8-15(14)17/h4-9H,1-3H3. The van der Waals surface area contributed by atoms with Gasteiger partial charge in [-0.05, 0) is 43.2 Å². The Kier molecular flexibility index (Phi) is 4.05. The summed E-state index contributed by atoms with van der Waals surface area (Å²) in [5.74, 6) is 0.684. The minimum absolute atomic E-state index is 0.00646. The van der Waals surface area contributed by atoms with Gasteiger partial charge in [0.2, 0.25) is 0 Å². The highest BCUT2D eigenvalue weighted by molar-refractivity contribution is 9.10. The van der Waals surface area contributed by atoms with Crippen LogP contribution in [-0.2, 0) is 0 Å². The van der Waals surface area contributed by atoms with Crippen LogP contribution in [0.5, 0.6) is 5.75 Å². The summed E-state index contributed by atoms with van der Waals surface area (Å²) in [6.45, 7) is 3.98. The maximum absolute atomic E-state index is 12.6. The van der Waals surface area contributed by atoms with Crippen LogP contribution in [0.25, 0.3) is 0 Å². The SMILES string of the molecule is COc1ccc(Br)c(C(=O)c2cccc(C)c2C)c1. The molecule has 0 saturated heterocycles. The highest BCUT2D eigenvalue weighted by atomic mass is 79.9. The minimum atomic E-state index is 0.00646. The Bertz CT molecular complexity index is 633. The minimum Gasteiger partial charge on any atom is -0.497 e. The van der Waals surface area contributed by atoms with Gasteiger partial charge < -0.3 is 4.74 Å². The van der Waals surface area contributed by atoms with Crippen LogP contribution in [0.4, 0.5) is 0 Å². The van der Waals surface area contributed by atoms with Crippen molar-refractivity contribution in [3.05, 3.63) is 63.1 Å². The van der Waals surface area contributed by atoms with Crippen molar-refractivity contribution in [3.8, 4) is 5.75 Å². The van der Waals surface area contributed by atoms with Gasteiger partial charge in [-0.25, -0.2) is 0 Å². The molecule has 2 aromatic carbocycles. The third-order valence-corrected chi connectivity index (χ3v) is 3.96. The largest absolute Gasteiger partial charge is 0.497 e. The predicted octanol–water partition coefficient (Wildman–Crippen LogP) is 4.31. The van der Waals surface area contributed by atoms with Gasteiger partial charge in [-0.3, -0.25) is 4.79 Å². The monoisotopic (exact) mass is 318 g/mol. The molecule has 0 aliphatic heterocycles. The van der Waals surface area contributed by atoms with Gasteiger partial charge in [0.25, 0.3) is 0 Å². The fourth-order valence-electron chi connectivity index (χ4n) is 1.95. The molecule has 98 valence electrons. The molecule has 2 rings (SSSR count). The first-order chi connectivity index (χ1) is 9.04. The number of carbonyl (C=O) groups excluding carboxylic acids is 1. The van der Waals surface area contributed by atoms with Crippen molar-refractivity contribution in [3.63, 3.8) is 0 Å². The van der Waals surface area contributed by atoms with E-state index in [1.165, 1.54) is 0 Å². The van der Waals surface area contributed by atoms with E-state index in [4.69, 9.17) is 4.74 Å². The van der Waals surface area contributed by atoms with E-state index in [1.54, 1.807) is 13.2 Å². The molecular formula is C16H15BrO2. The van der Waals surface area contributed by atoms with E-state index in [2.05, 4.69) is 15.9 Å². The van der Waals surface area contributed by atoms with E-state index in [0.717, 1.165) is 21.2 Å².